The second-order valence-corrected chi connectivity index (χ2v) is 6.99. The lowest BCUT2D eigenvalue weighted by atomic mass is 10.2. The highest BCUT2D eigenvalue weighted by molar-refractivity contribution is 6.35. The van der Waals surface area contributed by atoms with Crippen molar-refractivity contribution in [3.63, 3.8) is 0 Å². The van der Waals surface area contributed by atoms with E-state index < -0.39 is 11.8 Å². The molecule has 0 bridgehead atoms. The SMILES string of the molecule is O=C(NCC1CCCO1)C(=O)N/N=C/c1ccc(OCC(=O)N2CCCC2)cc1. The van der Waals surface area contributed by atoms with Crippen LogP contribution in [0.4, 0.5) is 0 Å². The number of rotatable bonds is 7. The Morgan fingerprint density at radius 2 is 1.90 bits per heavy atom. The molecule has 0 saturated carbocycles. The molecule has 3 amide bonds. The van der Waals surface area contributed by atoms with Gasteiger partial charge in [0.15, 0.2) is 6.61 Å². The molecule has 1 atom stereocenters. The summed E-state index contributed by atoms with van der Waals surface area (Å²) in [6.07, 6.45) is 5.34. The summed E-state index contributed by atoms with van der Waals surface area (Å²) >= 11 is 0. The fraction of sp³-hybridized carbons (Fsp3) is 0.500. The van der Waals surface area contributed by atoms with E-state index in [2.05, 4.69) is 15.8 Å². The van der Waals surface area contributed by atoms with E-state index in [4.69, 9.17) is 9.47 Å². The minimum Gasteiger partial charge on any atom is -0.484 e. The first-order valence-corrected chi connectivity index (χ1v) is 9.85. The lowest BCUT2D eigenvalue weighted by Gasteiger charge is -2.15. The summed E-state index contributed by atoms with van der Waals surface area (Å²) in [5, 5.41) is 6.31. The molecule has 1 unspecified atom stereocenters. The lowest BCUT2D eigenvalue weighted by molar-refractivity contribution is -0.139. The maximum Gasteiger partial charge on any atom is 0.329 e. The molecule has 0 radical (unpaired) electrons. The van der Waals surface area contributed by atoms with E-state index in [9.17, 15) is 14.4 Å². The Hall–Kier alpha value is -2.94. The van der Waals surface area contributed by atoms with Gasteiger partial charge in [0.25, 0.3) is 5.91 Å². The van der Waals surface area contributed by atoms with E-state index >= 15 is 0 Å². The Morgan fingerprint density at radius 1 is 1.14 bits per heavy atom. The maximum absolute atomic E-state index is 12.0. The molecule has 3 rings (SSSR count). The molecular formula is C20H26N4O5. The molecule has 2 fully saturated rings. The van der Waals surface area contributed by atoms with Gasteiger partial charge in [0.05, 0.1) is 12.3 Å². The summed E-state index contributed by atoms with van der Waals surface area (Å²) in [6, 6.07) is 6.91. The van der Waals surface area contributed by atoms with Crippen LogP contribution in [-0.4, -0.2) is 67.8 Å². The van der Waals surface area contributed by atoms with Crippen LogP contribution in [0.5, 0.6) is 5.75 Å². The van der Waals surface area contributed by atoms with Crippen molar-refractivity contribution < 1.29 is 23.9 Å². The normalized spacial score (nSPS) is 18.8. The molecule has 0 aromatic heterocycles. The molecule has 9 nitrogen and oxygen atoms in total. The first-order valence-electron chi connectivity index (χ1n) is 9.85. The second kappa shape index (κ2) is 10.6. The van der Waals surface area contributed by atoms with Gasteiger partial charge in [0, 0.05) is 26.2 Å². The molecule has 2 aliphatic rings. The zero-order valence-electron chi connectivity index (χ0n) is 16.3. The number of benzene rings is 1. The Morgan fingerprint density at radius 3 is 2.59 bits per heavy atom. The highest BCUT2D eigenvalue weighted by Gasteiger charge is 2.19. The van der Waals surface area contributed by atoms with Crippen molar-refractivity contribution in [3.8, 4) is 5.75 Å². The van der Waals surface area contributed by atoms with Crippen molar-refractivity contribution in [2.24, 2.45) is 5.10 Å². The molecule has 1 aromatic carbocycles. The summed E-state index contributed by atoms with van der Waals surface area (Å²) in [5.41, 5.74) is 2.90. The van der Waals surface area contributed by atoms with Crippen LogP contribution in [0, 0.1) is 0 Å². The van der Waals surface area contributed by atoms with Crippen molar-refractivity contribution in [1.29, 1.82) is 0 Å². The smallest absolute Gasteiger partial charge is 0.329 e. The Bertz CT molecular complexity index is 738. The summed E-state index contributed by atoms with van der Waals surface area (Å²) in [7, 11) is 0. The third-order valence-electron chi connectivity index (χ3n) is 4.80. The highest BCUT2D eigenvalue weighted by atomic mass is 16.5. The number of hydrazone groups is 1. The number of nitrogens with zero attached hydrogens (tertiary/aromatic N) is 2. The van der Waals surface area contributed by atoms with Gasteiger partial charge in [-0.25, -0.2) is 5.43 Å². The minimum absolute atomic E-state index is 0.00591. The number of ether oxygens (including phenoxy) is 2. The third-order valence-corrected chi connectivity index (χ3v) is 4.80. The molecule has 9 heteroatoms. The topological polar surface area (TPSA) is 109 Å². The van der Waals surface area contributed by atoms with E-state index in [1.165, 1.54) is 6.21 Å². The van der Waals surface area contributed by atoms with Gasteiger partial charge in [-0.1, -0.05) is 0 Å². The van der Waals surface area contributed by atoms with Crippen molar-refractivity contribution in [2.45, 2.75) is 31.8 Å². The number of carbonyl (C=O) groups excluding carboxylic acids is 3. The zero-order chi connectivity index (χ0) is 20.5. The van der Waals surface area contributed by atoms with Crippen LogP contribution in [0.25, 0.3) is 0 Å². The fourth-order valence-corrected chi connectivity index (χ4v) is 3.16. The van der Waals surface area contributed by atoms with Crippen LogP contribution < -0.4 is 15.5 Å². The molecular weight excluding hydrogens is 376 g/mol. The number of hydrogen-bond donors (Lipinski definition) is 2. The zero-order valence-corrected chi connectivity index (χ0v) is 16.3. The fourth-order valence-electron chi connectivity index (χ4n) is 3.16. The van der Waals surface area contributed by atoms with Crippen LogP contribution in [0.3, 0.4) is 0 Å². The van der Waals surface area contributed by atoms with Crippen molar-refractivity contribution in [1.82, 2.24) is 15.6 Å². The molecule has 0 spiro atoms. The van der Waals surface area contributed by atoms with Gasteiger partial charge in [-0.15, -0.1) is 0 Å². The highest BCUT2D eigenvalue weighted by Crippen LogP contribution is 2.13. The van der Waals surface area contributed by atoms with Gasteiger partial charge in [0.2, 0.25) is 0 Å². The van der Waals surface area contributed by atoms with Gasteiger partial charge in [-0.05, 0) is 55.5 Å². The first-order chi connectivity index (χ1) is 14.1. The van der Waals surface area contributed by atoms with Gasteiger partial charge < -0.3 is 19.7 Å². The minimum atomic E-state index is -0.834. The van der Waals surface area contributed by atoms with Crippen LogP contribution in [0.2, 0.25) is 0 Å². The van der Waals surface area contributed by atoms with E-state index in [0.717, 1.165) is 38.8 Å². The van der Waals surface area contributed by atoms with Gasteiger partial charge in [0.1, 0.15) is 5.75 Å². The van der Waals surface area contributed by atoms with E-state index in [-0.39, 0.29) is 18.6 Å². The van der Waals surface area contributed by atoms with Crippen molar-refractivity contribution in [3.05, 3.63) is 29.8 Å². The summed E-state index contributed by atoms with van der Waals surface area (Å²) < 4.78 is 10.9. The number of amides is 3. The number of nitrogens with one attached hydrogen (secondary N) is 2. The maximum atomic E-state index is 12.0. The number of carbonyl (C=O) groups is 3. The monoisotopic (exact) mass is 402 g/mol. The lowest BCUT2D eigenvalue weighted by Crippen LogP contribution is -2.41. The van der Waals surface area contributed by atoms with Crippen LogP contribution in [0.1, 0.15) is 31.2 Å². The summed E-state index contributed by atoms with van der Waals surface area (Å²) in [5.74, 6) is -1.01. The van der Waals surface area contributed by atoms with E-state index in [1.54, 1.807) is 29.2 Å². The quantitative estimate of drug-likeness (QED) is 0.391. The molecule has 2 saturated heterocycles. The van der Waals surface area contributed by atoms with E-state index in [0.29, 0.717) is 24.5 Å². The van der Waals surface area contributed by atoms with Gasteiger partial charge >= 0.3 is 11.8 Å². The van der Waals surface area contributed by atoms with Gasteiger partial charge in [-0.2, -0.15) is 5.10 Å². The standard InChI is InChI=1S/C20H26N4O5/c25-18(24-9-1-2-10-24)14-29-16-7-5-15(6-8-16)12-22-23-20(27)19(26)21-13-17-4-3-11-28-17/h5-8,12,17H,1-4,9-11,13-14H2,(H,21,26)(H,23,27)/b22-12+. The van der Waals surface area contributed by atoms with Crippen LogP contribution in [-0.2, 0) is 19.1 Å². The molecule has 2 aliphatic heterocycles. The Kier molecular flexibility index (Phi) is 7.57. The largest absolute Gasteiger partial charge is 0.484 e. The van der Waals surface area contributed by atoms with Crippen LogP contribution in [0.15, 0.2) is 29.4 Å². The Balaban J connectivity index is 1.37. The van der Waals surface area contributed by atoms with Crippen molar-refractivity contribution >= 4 is 23.9 Å². The summed E-state index contributed by atoms with van der Waals surface area (Å²) in [6.45, 7) is 2.63. The van der Waals surface area contributed by atoms with Crippen LogP contribution >= 0.6 is 0 Å². The third kappa shape index (κ3) is 6.56. The second-order valence-electron chi connectivity index (χ2n) is 6.99. The molecule has 0 aliphatic carbocycles. The first kappa shape index (κ1) is 20.8. The molecule has 156 valence electrons. The number of likely N-dealkylation sites (tertiary alicyclic amines) is 1. The predicted molar refractivity (Wildman–Crippen MR) is 105 cm³/mol. The predicted octanol–water partition coefficient (Wildman–Crippen LogP) is 0.433. The number of hydrogen-bond acceptors (Lipinski definition) is 6. The average molecular weight is 402 g/mol. The van der Waals surface area contributed by atoms with Gasteiger partial charge in [-0.3, -0.25) is 14.4 Å². The average Bonchev–Trinajstić information content (AvgIpc) is 3.45. The Labute approximate surface area is 169 Å². The molecule has 29 heavy (non-hydrogen) atoms. The molecule has 2 N–H and O–H groups in total. The summed E-state index contributed by atoms with van der Waals surface area (Å²) in [4.78, 5) is 37.2. The van der Waals surface area contributed by atoms with Crippen molar-refractivity contribution in [2.75, 3.05) is 32.8 Å². The molecule has 1 aromatic rings. The van der Waals surface area contributed by atoms with E-state index in [1.807, 2.05) is 0 Å². The molecule has 2 heterocycles.